The summed E-state index contributed by atoms with van der Waals surface area (Å²) in [5, 5.41) is 14.2. The van der Waals surface area contributed by atoms with Crippen molar-refractivity contribution in [1.82, 2.24) is 25.0 Å². The van der Waals surface area contributed by atoms with Gasteiger partial charge in [0.05, 0.1) is 53.5 Å². The maximum absolute atomic E-state index is 13.6. The third kappa shape index (κ3) is 5.97. The summed E-state index contributed by atoms with van der Waals surface area (Å²) in [6.45, 7) is 5.85. The SMILES string of the molecule is CC1(C)C2C(=O)N(Cc3cc4nccc(-c5cc(C(F)(F)F)nn5CC5CNCCO5)c4s3)C(=O)C21.O=C(O)C(F)(F)F. The average Bonchev–Trinajstić information content (AvgIpc) is 3.28. The summed E-state index contributed by atoms with van der Waals surface area (Å²) in [6.07, 6.45) is -8.44. The summed E-state index contributed by atoms with van der Waals surface area (Å²) < 4.78 is 80.2. The lowest BCUT2D eigenvalue weighted by Gasteiger charge is -2.24. The molecule has 0 spiro atoms. The second-order valence-corrected chi connectivity index (χ2v) is 12.1. The van der Waals surface area contributed by atoms with Crippen molar-refractivity contribution in [2.45, 2.75) is 45.4 Å². The zero-order valence-electron chi connectivity index (χ0n) is 22.6. The highest BCUT2D eigenvalue weighted by molar-refractivity contribution is 7.19. The molecule has 10 nitrogen and oxygen atoms in total. The highest BCUT2D eigenvalue weighted by atomic mass is 32.1. The zero-order valence-corrected chi connectivity index (χ0v) is 23.4. The second kappa shape index (κ2) is 10.9. The van der Waals surface area contributed by atoms with Crippen molar-refractivity contribution in [1.29, 1.82) is 0 Å². The number of carboxylic acids is 1. The first-order chi connectivity index (χ1) is 20.0. The number of hydrogen-bond acceptors (Lipinski definition) is 8. The van der Waals surface area contributed by atoms with Gasteiger partial charge in [-0.25, -0.2) is 4.79 Å². The smallest absolute Gasteiger partial charge is 0.475 e. The van der Waals surface area contributed by atoms with Crippen LogP contribution < -0.4 is 5.32 Å². The number of ether oxygens (including phenoxy) is 1. The van der Waals surface area contributed by atoms with Crippen LogP contribution in [0.25, 0.3) is 21.5 Å². The van der Waals surface area contributed by atoms with Crippen LogP contribution in [0, 0.1) is 17.3 Å². The van der Waals surface area contributed by atoms with Crippen molar-refractivity contribution in [3.8, 4) is 11.3 Å². The molecule has 2 saturated heterocycles. The largest absolute Gasteiger partial charge is 0.490 e. The Balaban J connectivity index is 0.000000472. The molecule has 232 valence electrons. The maximum atomic E-state index is 13.6. The predicted octanol–water partition coefficient (Wildman–Crippen LogP) is 3.94. The van der Waals surface area contributed by atoms with E-state index >= 15 is 0 Å². The highest BCUT2D eigenvalue weighted by Crippen LogP contribution is 2.63. The van der Waals surface area contributed by atoms with Crippen molar-refractivity contribution < 1.29 is 50.6 Å². The summed E-state index contributed by atoms with van der Waals surface area (Å²) >= 11 is 1.32. The molecule has 3 aliphatic rings. The molecule has 3 unspecified atom stereocenters. The molecule has 3 atom stereocenters. The molecule has 3 fully saturated rings. The van der Waals surface area contributed by atoms with Crippen LogP contribution in [0.3, 0.4) is 0 Å². The van der Waals surface area contributed by atoms with Gasteiger partial charge in [-0.05, 0) is 23.6 Å². The number of thiophene rings is 1. The number of imide groups is 1. The fourth-order valence-corrected chi connectivity index (χ4v) is 6.55. The molecule has 3 aromatic rings. The van der Waals surface area contributed by atoms with E-state index in [1.807, 2.05) is 13.8 Å². The molecule has 2 aliphatic heterocycles. The van der Waals surface area contributed by atoms with Crippen LogP contribution in [0.2, 0.25) is 0 Å². The molecule has 1 aliphatic carbocycles. The number of pyridine rings is 1. The molecule has 3 aromatic heterocycles. The Bertz CT molecular complexity index is 1550. The number of aromatic nitrogens is 3. The summed E-state index contributed by atoms with van der Waals surface area (Å²) in [7, 11) is 0. The van der Waals surface area contributed by atoms with Crippen LogP contribution in [-0.4, -0.2) is 74.5 Å². The van der Waals surface area contributed by atoms with E-state index in [0.29, 0.717) is 41.2 Å². The lowest BCUT2D eigenvalue weighted by Crippen LogP contribution is -2.41. The van der Waals surface area contributed by atoms with Crippen LogP contribution in [-0.2, 0) is 38.4 Å². The van der Waals surface area contributed by atoms with E-state index in [9.17, 15) is 35.9 Å². The Kier molecular flexibility index (Phi) is 7.79. The number of rotatable bonds is 5. The number of carbonyl (C=O) groups excluding carboxylic acids is 2. The molecule has 2 amide bonds. The Morgan fingerprint density at radius 2 is 1.81 bits per heavy atom. The van der Waals surface area contributed by atoms with Gasteiger partial charge in [0.25, 0.3) is 0 Å². The van der Waals surface area contributed by atoms with Crippen molar-refractivity contribution >= 4 is 39.3 Å². The number of amides is 2. The number of alkyl halides is 6. The van der Waals surface area contributed by atoms with E-state index in [1.54, 1.807) is 18.3 Å². The fourth-order valence-electron chi connectivity index (χ4n) is 5.42. The number of aliphatic carboxylic acids is 1. The zero-order chi connectivity index (χ0) is 31.5. The predicted molar refractivity (Wildman–Crippen MR) is 138 cm³/mol. The first-order valence-electron chi connectivity index (χ1n) is 13.0. The Labute approximate surface area is 243 Å². The van der Waals surface area contributed by atoms with E-state index in [-0.39, 0.29) is 48.3 Å². The molecule has 2 N–H and O–H groups in total. The van der Waals surface area contributed by atoms with E-state index in [0.717, 1.165) is 10.9 Å². The first kappa shape index (κ1) is 30.9. The van der Waals surface area contributed by atoms with Gasteiger partial charge in [-0.3, -0.25) is 24.2 Å². The summed E-state index contributed by atoms with van der Waals surface area (Å²) in [5.41, 5.74) is 0.206. The Hall–Kier alpha value is -3.57. The number of carbonyl (C=O) groups is 3. The van der Waals surface area contributed by atoms with E-state index in [2.05, 4.69) is 15.4 Å². The van der Waals surface area contributed by atoms with Gasteiger partial charge in [-0.15, -0.1) is 11.3 Å². The fraction of sp³-hybridized carbons (Fsp3) is 0.500. The maximum Gasteiger partial charge on any atom is 0.490 e. The van der Waals surface area contributed by atoms with Crippen molar-refractivity contribution in [2.75, 3.05) is 19.7 Å². The molecule has 0 bridgehead atoms. The molecule has 43 heavy (non-hydrogen) atoms. The lowest BCUT2D eigenvalue weighted by atomic mass is 10.1. The minimum Gasteiger partial charge on any atom is -0.475 e. The van der Waals surface area contributed by atoms with E-state index in [1.165, 1.54) is 20.9 Å². The normalized spacial score (nSPS) is 23.3. The molecule has 17 heteroatoms. The molecule has 0 aromatic carbocycles. The Morgan fingerprint density at radius 3 is 2.37 bits per heavy atom. The number of halogens is 6. The van der Waals surface area contributed by atoms with Gasteiger partial charge in [-0.1, -0.05) is 13.8 Å². The average molecular weight is 634 g/mol. The number of carboxylic acid groups (broad SMARTS) is 1. The molecule has 5 heterocycles. The van der Waals surface area contributed by atoms with Crippen LogP contribution in [0.5, 0.6) is 0 Å². The second-order valence-electron chi connectivity index (χ2n) is 10.9. The van der Waals surface area contributed by atoms with Crippen LogP contribution >= 0.6 is 11.3 Å². The van der Waals surface area contributed by atoms with Gasteiger partial charge in [0.1, 0.15) is 0 Å². The molecule has 6 rings (SSSR count). The van der Waals surface area contributed by atoms with E-state index in [4.69, 9.17) is 14.6 Å². The number of piperidine rings is 1. The van der Waals surface area contributed by atoms with Gasteiger partial charge in [-0.2, -0.15) is 31.4 Å². The number of nitrogens with zero attached hydrogens (tertiary/aromatic N) is 4. The summed E-state index contributed by atoms with van der Waals surface area (Å²) in [4.78, 5) is 40.9. The topological polar surface area (TPSA) is 127 Å². The molecular formula is C26H25F6N5O5S. The Morgan fingerprint density at radius 1 is 1.16 bits per heavy atom. The standard InChI is InChI=1S/C24H24F3N5O3S.C2HF3O2/c1-23(2)18-19(23)22(34)31(21(18)33)11-13-7-15-20(36-13)14(3-4-29-15)16-8-17(24(25,26)27)30-32(16)10-12-9-28-5-6-35-12;3-2(4,5)1(6)7/h3-4,7-8,12,18-19,28H,5-6,9-11H2,1-2H3;(H,6,7). The van der Waals surface area contributed by atoms with Crippen LogP contribution in [0.1, 0.15) is 24.4 Å². The van der Waals surface area contributed by atoms with Gasteiger partial charge in [0.15, 0.2) is 5.69 Å². The summed E-state index contributed by atoms with van der Waals surface area (Å²) in [5.74, 6) is -3.60. The van der Waals surface area contributed by atoms with Gasteiger partial charge >= 0.3 is 18.3 Å². The number of likely N-dealkylation sites (tertiary alicyclic amines) is 1. The summed E-state index contributed by atoms with van der Waals surface area (Å²) in [6, 6.07) is 4.51. The van der Waals surface area contributed by atoms with Crippen molar-refractivity contribution in [2.24, 2.45) is 17.3 Å². The van der Waals surface area contributed by atoms with Crippen molar-refractivity contribution in [3.63, 3.8) is 0 Å². The number of fused-ring (bicyclic) bond motifs is 2. The van der Waals surface area contributed by atoms with Gasteiger partial charge in [0, 0.05) is 29.7 Å². The minimum absolute atomic E-state index is 0.135. The van der Waals surface area contributed by atoms with Crippen LogP contribution in [0.4, 0.5) is 26.3 Å². The van der Waals surface area contributed by atoms with Crippen molar-refractivity contribution in [3.05, 3.63) is 35.0 Å². The number of hydrogen-bond donors (Lipinski definition) is 2. The van der Waals surface area contributed by atoms with Gasteiger partial charge in [0.2, 0.25) is 11.8 Å². The number of nitrogens with one attached hydrogen (secondary N) is 1. The van der Waals surface area contributed by atoms with E-state index < -0.39 is 24.0 Å². The number of morpholine rings is 1. The lowest BCUT2D eigenvalue weighted by molar-refractivity contribution is -0.192. The highest BCUT2D eigenvalue weighted by Gasteiger charge is 2.72. The third-order valence-electron chi connectivity index (χ3n) is 7.64. The minimum atomic E-state index is -5.08. The third-order valence-corrected chi connectivity index (χ3v) is 8.78. The molecule has 1 saturated carbocycles. The first-order valence-corrected chi connectivity index (χ1v) is 13.8. The monoisotopic (exact) mass is 633 g/mol. The van der Waals surface area contributed by atoms with Gasteiger partial charge < -0.3 is 15.2 Å². The molecule has 0 radical (unpaired) electrons. The van der Waals surface area contributed by atoms with Crippen LogP contribution in [0.15, 0.2) is 24.4 Å². The quantitative estimate of drug-likeness (QED) is 0.320. The molecular weight excluding hydrogens is 608 g/mol.